The third kappa shape index (κ3) is 2.03. The number of carbonyl (C=O) groups is 1. The first kappa shape index (κ1) is 8.67. The van der Waals surface area contributed by atoms with Crippen LogP contribution >= 0.6 is 11.6 Å². The third-order valence-electron chi connectivity index (χ3n) is 1.21. The third-order valence-corrected chi connectivity index (χ3v) is 1.52. The van der Waals surface area contributed by atoms with Crippen molar-refractivity contribution in [2.45, 2.75) is 0 Å². The van der Waals surface area contributed by atoms with Crippen LogP contribution in [0.15, 0.2) is 18.2 Å². The van der Waals surface area contributed by atoms with Gasteiger partial charge in [0, 0.05) is 6.07 Å². The first-order chi connectivity index (χ1) is 5.59. The summed E-state index contributed by atoms with van der Waals surface area (Å²) in [6.07, 6.45) is 0. The number of rotatable bonds is 1. The van der Waals surface area contributed by atoms with Crippen molar-refractivity contribution in [3.8, 4) is 5.75 Å². The molecule has 0 atom stereocenters. The molecule has 4 N–H and O–H groups in total. The first-order valence-corrected chi connectivity index (χ1v) is 3.52. The van der Waals surface area contributed by atoms with Crippen molar-refractivity contribution in [2.75, 3.05) is 5.32 Å². The van der Waals surface area contributed by atoms with Gasteiger partial charge in [0.15, 0.2) is 0 Å². The number of urea groups is 1. The molecule has 12 heavy (non-hydrogen) atoms. The van der Waals surface area contributed by atoms with Crippen LogP contribution in [0.5, 0.6) is 5.75 Å². The maximum absolute atomic E-state index is 10.4. The second kappa shape index (κ2) is 3.32. The van der Waals surface area contributed by atoms with Gasteiger partial charge in [-0.3, -0.25) is 0 Å². The second-order valence-electron chi connectivity index (χ2n) is 2.15. The van der Waals surface area contributed by atoms with E-state index in [0.717, 1.165) is 0 Å². The van der Waals surface area contributed by atoms with E-state index < -0.39 is 6.03 Å². The summed E-state index contributed by atoms with van der Waals surface area (Å²) >= 11 is 5.64. The van der Waals surface area contributed by atoms with Crippen LogP contribution in [0.1, 0.15) is 0 Å². The molecule has 1 rings (SSSR count). The molecule has 0 fully saturated rings. The molecule has 0 unspecified atom stereocenters. The van der Waals surface area contributed by atoms with Crippen molar-refractivity contribution in [1.29, 1.82) is 0 Å². The Bertz CT molecular complexity index is 314. The van der Waals surface area contributed by atoms with Gasteiger partial charge in [0.25, 0.3) is 0 Å². The molecule has 5 heteroatoms. The summed E-state index contributed by atoms with van der Waals surface area (Å²) in [5.41, 5.74) is 5.24. The van der Waals surface area contributed by atoms with Crippen molar-refractivity contribution in [3.63, 3.8) is 0 Å². The van der Waals surface area contributed by atoms with Gasteiger partial charge < -0.3 is 16.2 Å². The molecule has 4 nitrogen and oxygen atoms in total. The average Bonchev–Trinajstić information content (AvgIpc) is 1.94. The average molecular weight is 187 g/mol. The van der Waals surface area contributed by atoms with Crippen LogP contribution in [0.2, 0.25) is 5.02 Å². The Morgan fingerprint density at radius 2 is 2.25 bits per heavy atom. The number of primary amides is 1. The van der Waals surface area contributed by atoms with Crippen molar-refractivity contribution in [2.24, 2.45) is 5.73 Å². The van der Waals surface area contributed by atoms with Crippen molar-refractivity contribution in [3.05, 3.63) is 23.2 Å². The molecule has 2 amide bonds. The van der Waals surface area contributed by atoms with Crippen LogP contribution in [0, 0.1) is 0 Å². The van der Waals surface area contributed by atoms with E-state index in [4.69, 9.17) is 22.4 Å². The molecule has 1 aromatic carbocycles. The standard InChI is InChI=1S/C7H7ClN2O2/c8-5-3-4(11)1-2-6(5)10-7(9)12/h1-3,11H,(H3,9,10,12). The lowest BCUT2D eigenvalue weighted by atomic mass is 10.3. The van der Waals surface area contributed by atoms with E-state index in [1.807, 2.05) is 0 Å². The summed E-state index contributed by atoms with van der Waals surface area (Å²) in [7, 11) is 0. The molecule has 0 spiro atoms. The number of benzene rings is 1. The fourth-order valence-corrected chi connectivity index (χ4v) is 0.960. The summed E-state index contributed by atoms with van der Waals surface area (Å²) in [5.74, 6) is 0.0371. The minimum Gasteiger partial charge on any atom is -0.508 e. The lowest BCUT2D eigenvalue weighted by molar-refractivity contribution is 0.259. The molecule has 0 saturated carbocycles. The lowest BCUT2D eigenvalue weighted by Crippen LogP contribution is -2.19. The normalized spacial score (nSPS) is 9.42. The first-order valence-electron chi connectivity index (χ1n) is 3.14. The number of amides is 2. The highest BCUT2D eigenvalue weighted by atomic mass is 35.5. The van der Waals surface area contributed by atoms with E-state index in [9.17, 15) is 4.79 Å². The smallest absolute Gasteiger partial charge is 0.316 e. The molecular weight excluding hydrogens is 180 g/mol. The fourth-order valence-electron chi connectivity index (χ4n) is 0.738. The molecule has 1 aromatic rings. The monoisotopic (exact) mass is 186 g/mol. The summed E-state index contributed by atoms with van der Waals surface area (Å²) in [4.78, 5) is 10.4. The SMILES string of the molecule is NC(=O)Nc1ccc(O)cc1Cl. The molecule has 64 valence electrons. The zero-order valence-electron chi connectivity index (χ0n) is 6.04. The fraction of sp³-hybridized carbons (Fsp3) is 0. The lowest BCUT2D eigenvalue weighted by Gasteiger charge is -2.03. The second-order valence-corrected chi connectivity index (χ2v) is 2.56. The summed E-state index contributed by atoms with van der Waals surface area (Å²) < 4.78 is 0. The minimum absolute atomic E-state index is 0.0371. The highest BCUT2D eigenvalue weighted by Gasteiger charge is 2.02. The van der Waals surface area contributed by atoms with E-state index in [1.165, 1.54) is 18.2 Å². The molecule has 0 aliphatic rings. The number of phenols is 1. The number of phenolic OH excluding ortho intramolecular Hbond substituents is 1. The highest BCUT2D eigenvalue weighted by Crippen LogP contribution is 2.25. The Hall–Kier alpha value is -1.42. The predicted molar refractivity (Wildman–Crippen MR) is 46.3 cm³/mol. The van der Waals surface area contributed by atoms with Gasteiger partial charge in [0.05, 0.1) is 10.7 Å². The molecule has 0 aliphatic carbocycles. The van der Waals surface area contributed by atoms with Crippen molar-refractivity contribution >= 4 is 23.3 Å². The van der Waals surface area contributed by atoms with Gasteiger partial charge in [-0.25, -0.2) is 4.79 Å². The molecule has 0 radical (unpaired) electrons. The zero-order chi connectivity index (χ0) is 9.14. The number of carbonyl (C=O) groups excluding carboxylic acids is 1. The number of nitrogens with two attached hydrogens (primary N) is 1. The predicted octanol–water partition coefficient (Wildman–Crippen LogP) is 1.54. The molecule has 0 aliphatic heterocycles. The maximum atomic E-state index is 10.4. The van der Waals surface area contributed by atoms with Crippen LogP contribution in [-0.2, 0) is 0 Å². The molecule has 0 aromatic heterocycles. The number of hydrogen-bond donors (Lipinski definition) is 3. The molecule has 0 saturated heterocycles. The summed E-state index contributed by atoms with van der Waals surface area (Å²) in [6.45, 7) is 0. The number of halogens is 1. The van der Waals surface area contributed by atoms with Crippen molar-refractivity contribution < 1.29 is 9.90 Å². The van der Waals surface area contributed by atoms with E-state index in [2.05, 4.69) is 5.32 Å². The van der Waals surface area contributed by atoms with Crippen LogP contribution in [0.4, 0.5) is 10.5 Å². The Kier molecular flexibility index (Phi) is 2.40. The maximum Gasteiger partial charge on any atom is 0.316 e. The number of aromatic hydroxyl groups is 1. The minimum atomic E-state index is -0.692. The van der Waals surface area contributed by atoms with Crippen LogP contribution in [-0.4, -0.2) is 11.1 Å². The Morgan fingerprint density at radius 1 is 1.58 bits per heavy atom. The quantitative estimate of drug-likeness (QED) is 0.582. The van der Waals surface area contributed by atoms with Gasteiger partial charge in [0.1, 0.15) is 5.75 Å². The van der Waals surface area contributed by atoms with Gasteiger partial charge in [-0.1, -0.05) is 11.6 Å². The number of nitrogens with one attached hydrogen (secondary N) is 1. The van der Waals surface area contributed by atoms with Crippen LogP contribution in [0.25, 0.3) is 0 Å². The summed E-state index contributed by atoms with van der Waals surface area (Å²) in [5, 5.41) is 11.5. The molecular formula is C7H7ClN2O2. The van der Waals surface area contributed by atoms with Crippen molar-refractivity contribution in [1.82, 2.24) is 0 Å². The van der Waals surface area contributed by atoms with E-state index in [0.29, 0.717) is 5.69 Å². The van der Waals surface area contributed by atoms with Crippen LogP contribution in [0.3, 0.4) is 0 Å². The van der Waals surface area contributed by atoms with E-state index in [-0.39, 0.29) is 10.8 Å². The highest BCUT2D eigenvalue weighted by molar-refractivity contribution is 6.33. The van der Waals surface area contributed by atoms with Gasteiger partial charge in [-0.15, -0.1) is 0 Å². The largest absolute Gasteiger partial charge is 0.508 e. The Morgan fingerprint density at radius 3 is 2.75 bits per heavy atom. The van der Waals surface area contributed by atoms with E-state index >= 15 is 0 Å². The van der Waals surface area contributed by atoms with Crippen LogP contribution < -0.4 is 11.1 Å². The Balaban J connectivity index is 2.93. The zero-order valence-corrected chi connectivity index (χ0v) is 6.80. The number of hydrogen-bond acceptors (Lipinski definition) is 2. The van der Waals surface area contributed by atoms with Gasteiger partial charge in [-0.2, -0.15) is 0 Å². The van der Waals surface area contributed by atoms with E-state index in [1.54, 1.807) is 0 Å². The number of anilines is 1. The molecule has 0 heterocycles. The topological polar surface area (TPSA) is 75.4 Å². The van der Waals surface area contributed by atoms with Gasteiger partial charge in [-0.05, 0) is 12.1 Å². The Labute approximate surface area is 73.9 Å². The molecule has 0 bridgehead atoms. The summed E-state index contributed by atoms with van der Waals surface area (Å²) in [6, 6.07) is 3.48. The van der Waals surface area contributed by atoms with Gasteiger partial charge >= 0.3 is 6.03 Å². The van der Waals surface area contributed by atoms with Gasteiger partial charge in [0.2, 0.25) is 0 Å².